The molecule has 1 rings (SSSR count). The SMILES string of the molecule is CC(C)(C)OC(=O)CC(N)(N)Cc1ccccc1Br. The molecule has 0 radical (unpaired) electrons. The lowest BCUT2D eigenvalue weighted by molar-refractivity contribution is -0.156. The van der Waals surface area contributed by atoms with Crippen LogP contribution in [0.5, 0.6) is 0 Å². The number of esters is 1. The van der Waals surface area contributed by atoms with Gasteiger partial charge in [0.25, 0.3) is 0 Å². The van der Waals surface area contributed by atoms with Crippen LogP contribution in [0.4, 0.5) is 0 Å². The van der Waals surface area contributed by atoms with Gasteiger partial charge in [-0.15, -0.1) is 0 Å². The van der Waals surface area contributed by atoms with Crippen LogP contribution >= 0.6 is 15.9 Å². The topological polar surface area (TPSA) is 78.3 Å². The van der Waals surface area contributed by atoms with Crippen molar-refractivity contribution in [1.82, 2.24) is 0 Å². The van der Waals surface area contributed by atoms with Crippen LogP contribution < -0.4 is 11.5 Å². The molecule has 0 aromatic heterocycles. The van der Waals surface area contributed by atoms with Crippen molar-refractivity contribution in [2.45, 2.75) is 44.9 Å². The van der Waals surface area contributed by atoms with Gasteiger partial charge in [0.05, 0.1) is 12.1 Å². The van der Waals surface area contributed by atoms with Gasteiger partial charge in [-0.1, -0.05) is 34.1 Å². The van der Waals surface area contributed by atoms with E-state index in [2.05, 4.69) is 15.9 Å². The molecule has 0 fully saturated rings. The lowest BCUT2D eigenvalue weighted by atomic mass is 9.98. The van der Waals surface area contributed by atoms with Crippen molar-refractivity contribution in [3.63, 3.8) is 0 Å². The van der Waals surface area contributed by atoms with E-state index in [1.54, 1.807) is 0 Å². The average Bonchev–Trinajstić information content (AvgIpc) is 2.17. The molecule has 0 spiro atoms. The van der Waals surface area contributed by atoms with Crippen LogP contribution in [0.15, 0.2) is 28.7 Å². The fourth-order valence-corrected chi connectivity index (χ4v) is 2.13. The summed E-state index contributed by atoms with van der Waals surface area (Å²) >= 11 is 3.44. The van der Waals surface area contributed by atoms with E-state index >= 15 is 0 Å². The van der Waals surface area contributed by atoms with E-state index in [0.29, 0.717) is 6.42 Å². The van der Waals surface area contributed by atoms with Crippen molar-refractivity contribution < 1.29 is 9.53 Å². The van der Waals surface area contributed by atoms with E-state index in [1.807, 2.05) is 45.0 Å². The molecule has 0 atom stereocenters. The average molecular weight is 329 g/mol. The van der Waals surface area contributed by atoms with Gasteiger partial charge in [0.15, 0.2) is 0 Å². The van der Waals surface area contributed by atoms with E-state index in [4.69, 9.17) is 16.2 Å². The van der Waals surface area contributed by atoms with Crippen LogP contribution in [0.1, 0.15) is 32.8 Å². The van der Waals surface area contributed by atoms with Crippen molar-refractivity contribution >= 4 is 21.9 Å². The molecular formula is C14H21BrN2O2. The van der Waals surface area contributed by atoms with Crippen molar-refractivity contribution in [2.75, 3.05) is 0 Å². The van der Waals surface area contributed by atoms with Gasteiger partial charge in [0.1, 0.15) is 5.60 Å². The normalized spacial score (nSPS) is 12.3. The number of benzene rings is 1. The Balaban J connectivity index is 2.67. The predicted molar refractivity (Wildman–Crippen MR) is 79.4 cm³/mol. The maximum atomic E-state index is 11.8. The summed E-state index contributed by atoms with van der Waals surface area (Å²) in [7, 11) is 0. The van der Waals surface area contributed by atoms with Gasteiger partial charge in [-0.2, -0.15) is 0 Å². The molecule has 0 aliphatic heterocycles. The van der Waals surface area contributed by atoms with Crippen molar-refractivity contribution in [1.29, 1.82) is 0 Å². The van der Waals surface area contributed by atoms with Gasteiger partial charge in [0.2, 0.25) is 0 Å². The summed E-state index contributed by atoms with van der Waals surface area (Å²) in [5.74, 6) is -0.385. The number of halogens is 1. The van der Waals surface area contributed by atoms with Crippen LogP contribution in [0, 0.1) is 0 Å². The monoisotopic (exact) mass is 328 g/mol. The Kier molecular flexibility index (Phi) is 5.12. The molecule has 4 nitrogen and oxygen atoms in total. The van der Waals surface area contributed by atoms with Crippen LogP contribution in [-0.4, -0.2) is 17.2 Å². The first-order valence-corrected chi connectivity index (χ1v) is 6.91. The van der Waals surface area contributed by atoms with Crippen LogP contribution in [-0.2, 0) is 16.0 Å². The minimum Gasteiger partial charge on any atom is -0.460 e. The third-order valence-corrected chi connectivity index (χ3v) is 3.14. The number of hydrogen-bond acceptors (Lipinski definition) is 4. The summed E-state index contributed by atoms with van der Waals surface area (Å²) < 4.78 is 6.16. The van der Waals surface area contributed by atoms with E-state index in [1.165, 1.54) is 0 Å². The molecule has 0 aliphatic carbocycles. The Bertz CT molecular complexity index is 453. The zero-order valence-corrected chi connectivity index (χ0v) is 13.2. The molecule has 5 heteroatoms. The summed E-state index contributed by atoms with van der Waals surface area (Å²) in [5, 5.41) is 0. The first-order valence-electron chi connectivity index (χ1n) is 6.12. The molecule has 1 aromatic carbocycles. The maximum absolute atomic E-state index is 11.8. The summed E-state index contributed by atoms with van der Waals surface area (Å²) in [6.07, 6.45) is 0.374. The quantitative estimate of drug-likeness (QED) is 0.656. The first kappa shape index (κ1) is 16.1. The number of carbonyl (C=O) groups excluding carboxylic acids is 1. The highest BCUT2D eigenvalue weighted by atomic mass is 79.9. The Hall–Kier alpha value is -0.910. The second kappa shape index (κ2) is 6.03. The number of ether oxygens (including phenoxy) is 1. The minimum absolute atomic E-state index is 0.0222. The molecule has 0 unspecified atom stereocenters. The van der Waals surface area contributed by atoms with Gasteiger partial charge in [-0.3, -0.25) is 4.79 Å². The molecule has 106 valence electrons. The highest BCUT2D eigenvalue weighted by Crippen LogP contribution is 2.20. The molecule has 0 saturated heterocycles. The fourth-order valence-electron chi connectivity index (χ4n) is 1.71. The lowest BCUT2D eigenvalue weighted by Gasteiger charge is -2.27. The molecule has 0 amide bonds. The standard InChI is InChI=1S/C14H21BrN2O2/c1-13(2,3)19-12(18)9-14(16,17)8-10-6-4-5-7-11(10)15/h4-7H,8-9,16-17H2,1-3H3. The van der Waals surface area contributed by atoms with Gasteiger partial charge in [-0.25, -0.2) is 0 Å². The maximum Gasteiger partial charge on any atom is 0.309 e. The smallest absolute Gasteiger partial charge is 0.309 e. The largest absolute Gasteiger partial charge is 0.460 e. The van der Waals surface area contributed by atoms with Gasteiger partial charge < -0.3 is 16.2 Å². The van der Waals surface area contributed by atoms with Crippen molar-refractivity contribution in [2.24, 2.45) is 11.5 Å². The molecule has 1 aromatic rings. The van der Waals surface area contributed by atoms with Crippen LogP contribution in [0.2, 0.25) is 0 Å². The summed E-state index contributed by atoms with van der Waals surface area (Å²) in [6, 6.07) is 7.66. The molecule has 0 bridgehead atoms. The Morgan fingerprint density at radius 1 is 1.26 bits per heavy atom. The number of rotatable bonds is 4. The Labute approximate surface area is 122 Å². The first-order chi connectivity index (χ1) is 8.59. The third kappa shape index (κ3) is 6.18. The Morgan fingerprint density at radius 3 is 2.37 bits per heavy atom. The zero-order valence-electron chi connectivity index (χ0n) is 11.6. The number of nitrogens with two attached hydrogens (primary N) is 2. The Morgan fingerprint density at radius 2 is 1.84 bits per heavy atom. The zero-order chi connectivity index (χ0) is 14.7. The predicted octanol–water partition coefficient (Wildman–Crippen LogP) is 2.34. The summed E-state index contributed by atoms with van der Waals surface area (Å²) in [5.41, 5.74) is 11.3. The van der Waals surface area contributed by atoms with Gasteiger partial charge in [0, 0.05) is 10.9 Å². The summed E-state index contributed by atoms with van der Waals surface area (Å²) in [6.45, 7) is 5.44. The molecule has 0 heterocycles. The second-order valence-corrected chi connectivity index (χ2v) is 6.62. The van der Waals surface area contributed by atoms with Crippen molar-refractivity contribution in [3.05, 3.63) is 34.3 Å². The molecule has 0 aliphatic rings. The van der Waals surface area contributed by atoms with Crippen LogP contribution in [0.3, 0.4) is 0 Å². The highest BCUT2D eigenvalue weighted by molar-refractivity contribution is 9.10. The van der Waals surface area contributed by atoms with Gasteiger partial charge >= 0.3 is 5.97 Å². The third-order valence-electron chi connectivity index (χ3n) is 2.37. The van der Waals surface area contributed by atoms with Crippen LogP contribution in [0.25, 0.3) is 0 Å². The van der Waals surface area contributed by atoms with E-state index in [9.17, 15) is 4.79 Å². The molecule has 4 N–H and O–H groups in total. The number of hydrogen-bond donors (Lipinski definition) is 2. The minimum atomic E-state index is -1.12. The van der Waals surface area contributed by atoms with Gasteiger partial charge in [-0.05, 0) is 32.4 Å². The van der Waals surface area contributed by atoms with E-state index in [0.717, 1.165) is 10.0 Å². The lowest BCUT2D eigenvalue weighted by Crippen LogP contribution is -2.53. The second-order valence-electron chi connectivity index (χ2n) is 5.76. The number of carbonyl (C=O) groups is 1. The van der Waals surface area contributed by atoms with E-state index < -0.39 is 11.3 Å². The molecule has 0 saturated carbocycles. The van der Waals surface area contributed by atoms with E-state index in [-0.39, 0.29) is 12.4 Å². The highest BCUT2D eigenvalue weighted by Gasteiger charge is 2.27. The fraction of sp³-hybridized carbons (Fsp3) is 0.500. The molecule has 19 heavy (non-hydrogen) atoms. The summed E-state index contributed by atoms with van der Waals surface area (Å²) in [4.78, 5) is 11.8. The van der Waals surface area contributed by atoms with Crippen molar-refractivity contribution in [3.8, 4) is 0 Å². The molecular weight excluding hydrogens is 308 g/mol.